The lowest BCUT2D eigenvalue weighted by Crippen LogP contribution is -2.34. The fourth-order valence-corrected chi connectivity index (χ4v) is 5.07. The lowest BCUT2D eigenvalue weighted by molar-refractivity contribution is -0.129. The summed E-state index contributed by atoms with van der Waals surface area (Å²) >= 11 is 0. The highest BCUT2D eigenvalue weighted by atomic mass is 31.2. The number of rotatable bonds is 10. The molecule has 1 aromatic carbocycles. The van der Waals surface area contributed by atoms with Gasteiger partial charge in [-0.15, -0.1) is 0 Å². The van der Waals surface area contributed by atoms with E-state index in [1.54, 1.807) is 31.2 Å². The van der Waals surface area contributed by atoms with Crippen molar-refractivity contribution in [3.63, 3.8) is 0 Å². The van der Waals surface area contributed by atoms with Gasteiger partial charge in [-0.25, -0.2) is 4.79 Å². The highest BCUT2D eigenvalue weighted by molar-refractivity contribution is 7.41. The summed E-state index contributed by atoms with van der Waals surface area (Å²) in [6.45, 7) is 7.03. The highest BCUT2D eigenvalue weighted by Crippen LogP contribution is 2.41. The molecule has 2 unspecified atom stereocenters. The van der Waals surface area contributed by atoms with Crippen molar-refractivity contribution in [1.82, 2.24) is 4.90 Å². The number of amides is 1. The van der Waals surface area contributed by atoms with Crippen molar-refractivity contribution in [3.05, 3.63) is 35.9 Å². The van der Waals surface area contributed by atoms with E-state index in [1.807, 2.05) is 24.8 Å². The second kappa shape index (κ2) is 12.1. The molecular formula is C23H34NO7P. The number of nitrogens with zero attached hydrogens (tertiary/aromatic N) is 1. The van der Waals surface area contributed by atoms with Crippen molar-refractivity contribution in [2.75, 3.05) is 26.9 Å². The van der Waals surface area contributed by atoms with Crippen LogP contribution >= 0.6 is 8.60 Å². The van der Waals surface area contributed by atoms with Crippen molar-refractivity contribution in [1.29, 1.82) is 0 Å². The van der Waals surface area contributed by atoms with E-state index in [9.17, 15) is 9.59 Å². The van der Waals surface area contributed by atoms with E-state index < -0.39 is 20.8 Å². The Morgan fingerprint density at radius 1 is 1.19 bits per heavy atom. The van der Waals surface area contributed by atoms with E-state index in [1.165, 1.54) is 7.11 Å². The lowest BCUT2D eigenvalue weighted by Gasteiger charge is -2.25. The van der Waals surface area contributed by atoms with Crippen LogP contribution < -0.4 is 0 Å². The Hall–Kier alpha value is -1.57. The van der Waals surface area contributed by atoms with Crippen molar-refractivity contribution in [2.24, 2.45) is 5.92 Å². The first-order valence-corrected chi connectivity index (χ1v) is 12.3. The minimum atomic E-state index is -1.56. The predicted octanol–water partition coefficient (Wildman–Crippen LogP) is 3.94. The van der Waals surface area contributed by atoms with Gasteiger partial charge in [-0.2, -0.15) is 0 Å². The summed E-state index contributed by atoms with van der Waals surface area (Å²) < 4.78 is 28.8. The Kier molecular flexibility index (Phi) is 9.44. The van der Waals surface area contributed by atoms with Crippen molar-refractivity contribution < 1.29 is 32.6 Å². The maximum Gasteiger partial charge on any atom is 0.338 e. The van der Waals surface area contributed by atoms with Gasteiger partial charge in [0.1, 0.15) is 12.2 Å². The number of ether oxygens (including phenoxy) is 2. The third-order valence-corrected chi connectivity index (χ3v) is 7.24. The molecule has 0 saturated carbocycles. The number of benzene rings is 1. The molecule has 3 rings (SSSR count). The van der Waals surface area contributed by atoms with Crippen LogP contribution in [-0.4, -0.2) is 68.0 Å². The van der Waals surface area contributed by atoms with E-state index in [0.29, 0.717) is 12.2 Å². The molecule has 2 heterocycles. The first kappa shape index (κ1) is 25.1. The van der Waals surface area contributed by atoms with Crippen LogP contribution in [0.15, 0.2) is 30.3 Å². The standard InChI is InChI=1S/C23H34NO7P/c1-16-17(2)30-21(22(16)31-23(26)19-9-6-5-7-10-19)15-29-32(27-4)28-14-12-20-11-8-13-24(20)18(3)25/h5-7,9-10,16-17,20-22H,8,11-15H2,1-4H3/t16-,17-,20?,21+,22-,32?/m0/s1. The van der Waals surface area contributed by atoms with Gasteiger partial charge >= 0.3 is 14.6 Å². The van der Waals surface area contributed by atoms with Crippen LogP contribution in [0.4, 0.5) is 0 Å². The number of hydrogen-bond acceptors (Lipinski definition) is 7. The van der Waals surface area contributed by atoms with Gasteiger partial charge in [-0.3, -0.25) is 4.79 Å². The zero-order valence-electron chi connectivity index (χ0n) is 19.3. The van der Waals surface area contributed by atoms with Crippen LogP contribution in [-0.2, 0) is 27.8 Å². The number of carbonyl (C=O) groups is 2. The maximum atomic E-state index is 12.5. The van der Waals surface area contributed by atoms with E-state index in [2.05, 4.69) is 0 Å². The molecule has 1 aromatic rings. The van der Waals surface area contributed by atoms with Gasteiger partial charge in [0, 0.05) is 32.5 Å². The molecule has 8 nitrogen and oxygen atoms in total. The monoisotopic (exact) mass is 467 g/mol. The van der Waals surface area contributed by atoms with Crippen LogP contribution in [0.1, 0.15) is 50.4 Å². The summed E-state index contributed by atoms with van der Waals surface area (Å²) in [5.74, 6) is -0.233. The topological polar surface area (TPSA) is 83.5 Å². The van der Waals surface area contributed by atoms with Crippen LogP contribution in [0.2, 0.25) is 0 Å². The normalized spacial score (nSPS) is 28.6. The van der Waals surface area contributed by atoms with Crippen molar-refractivity contribution in [3.8, 4) is 0 Å². The number of likely N-dealkylation sites (tertiary alicyclic amines) is 1. The fourth-order valence-electron chi connectivity index (χ4n) is 4.26. The number of hydrogen-bond donors (Lipinski definition) is 0. The first-order valence-electron chi connectivity index (χ1n) is 11.2. The zero-order valence-corrected chi connectivity index (χ0v) is 20.2. The van der Waals surface area contributed by atoms with E-state index >= 15 is 0 Å². The molecule has 2 aliphatic heterocycles. The van der Waals surface area contributed by atoms with Gasteiger partial charge in [0.2, 0.25) is 5.91 Å². The first-order chi connectivity index (χ1) is 15.4. The molecule has 2 fully saturated rings. The summed E-state index contributed by atoms with van der Waals surface area (Å²) in [4.78, 5) is 26.1. The van der Waals surface area contributed by atoms with Crippen LogP contribution in [0.25, 0.3) is 0 Å². The second-order valence-corrected chi connectivity index (χ2v) is 9.64. The van der Waals surface area contributed by atoms with Gasteiger partial charge < -0.3 is 27.9 Å². The molecule has 9 heteroatoms. The average molecular weight is 467 g/mol. The Labute approximate surface area is 191 Å². The summed E-state index contributed by atoms with van der Waals surface area (Å²) in [5, 5.41) is 0. The van der Waals surface area contributed by atoms with Gasteiger partial charge in [0.25, 0.3) is 0 Å². The minimum Gasteiger partial charge on any atom is -0.456 e. The maximum absolute atomic E-state index is 12.5. The third-order valence-electron chi connectivity index (χ3n) is 6.19. The SMILES string of the molecule is COP(OCCC1CCCN1C(C)=O)OC[C@H]1O[C@@H](C)[C@H](C)[C@@H]1OC(=O)c1ccccc1. The molecule has 0 bridgehead atoms. The van der Waals surface area contributed by atoms with Gasteiger partial charge in [-0.1, -0.05) is 25.1 Å². The van der Waals surface area contributed by atoms with Crippen LogP contribution in [0.3, 0.4) is 0 Å². The Morgan fingerprint density at radius 3 is 2.62 bits per heavy atom. The van der Waals surface area contributed by atoms with Crippen LogP contribution in [0.5, 0.6) is 0 Å². The smallest absolute Gasteiger partial charge is 0.338 e. The Morgan fingerprint density at radius 2 is 1.94 bits per heavy atom. The minimum absolute atomic E-state index is 0.0332. The molecule has 32 heavy (non-hydrogen) atoms. The predicted molar refractivity (Wildman–Crippen MR) is 120 cm³/mol. The highest BCUT2D eigenvalue weighted by Gasteiger charge is 2.43. The zero-order chi connectivity index (χ0) is 23.1. The quantitative estimate of drug-likeness (QED) is 0.381. The van der Waals surface area contributed by atoms with E-state index in [-0.39, 0.29) is 36.5 Å². The molecule has 1 amide bonds. The van der Waals surface area contributed by atoms with E-state index in [0.717, 1.165) is 25.8 Å². The summed E-state index contributed by atoms with van der Waals surface area (Å²) in [6, 6.07) is 9.13. The molecular weight excluding hydrogens is 433 g/mol. The molecule has 6 atom stereocenters. The van der Waals surface area contributed by atoms with Crippen molar-refractivity contribution in [2.45, 2.75) is 64.4 Å². The summed E-state index contributed by atoms with van der Waals surface area (Å²) in [7, 11) is -0.0217. The molecule has 0 N–H and O–H groups in total. The Bertz CT molecular complexity index is 749. The second-order valence-electron chi connectivity index (χ2n) is 8.31. The molecule has 2 saturated heterocycles. The molecule has 0 radical (unpaired) electrons. The number of carbonyl (C=O) groups excluding carboxylic acids is 2. The molecule has 0 spiro atoms. The lowest BCUT2D eigenvalue weighted by atomic mass is 9.99. The molecule has 2 aliphatic rings. The van der Waals surface area contributed by atoms with Crippen LogP contribution in [0, 0.1) is 5.92 Å². The molecule has 0 aromatic heterocycles. The summed E-state index contributed by atoms with van der Waals surface area (Å²) in [5.41, 5.74) is 0.507. The van der Waals surface area contributed by atoms with Gasteiger partial charge in [-0.05, 0) is 38.3 Å². The average Bonchev–Trinajstić information content (AvgIpc) is 3.37. The fraction of sp³-hybridized carbons (Fsp3) is 0.652. The van der Waals surface area contributed by atoms with Crippen molar-refractivity contribution >= 4 is 20.5 Å². The number of esters is 1. The van der Waals surface area contributed by atoms with Gasteiger partial charge in [0.15, 0.2) is 0 Å². The van der Waals surface area contributed by atoms with E-state index in [4.69, 9.17) is 23.0 Å². The third kappa shape index (κ3) is 6.49. The summed E-state index contributed by atoms with van der Waals surface area (Å²) in [6.07, 6.45) is 1.88. The van der Waals surface area contributed by atoms with Gasteiger partial charge in [0.05, 0.1) is 24.9 Å². The Balaban J connectivity index is 1.48. The largest absolute Gasteiger partial charge is 0.456 e. The molecule has 0 aliphatic carbocycles. The molecule has 178 valence electrons.